The Bertz CT molecular complexity index is 1430. The van der Waals surface area contributed by atoms with E-state index in [-0.39, 0.29) is 18.5 Å². The van der Waals surface area contributed by atoms with Gasteiger partial charge in [-0.25, -0.2) is 26.9 Å². The highest BCUT2D eigenvalue weighted by molar-refractivity contribution is 6.30. The molecule has 1 saturated carbocycles. The number of nitrogens with zero attached hydrogens (tertiary/aromatic N) is 7. The SMILES string of the molecule is Fc1ccc(N2CC3(C2)CN(c2nnc4n2-c2ccc(Cl)cc2CN(CC(F)(F)C2CC2)C4)C3)nc1C(F)F. The van der Waals surface area contributed by atoms with Crippen LogP contribution in [-0.4, -0.2) is 63.3 Å². The zero-order valence-electron chi connectivity index (χ0n) is 20.8. The highest BCUT2D eigenvalue weighted by Gasteiger charge is 2.54. The molecule has 1 aromatic carbocycles. The third-order valence-electron chi connectivity index (χ3n) is 8.14. The minimum atomic E-state index is -2.98. The predicted octanol–water partition coefficient (Wildman–Crippen LogP) is 5.08. The first-order valence-corrected chi connectivity index (χ1v) is 13.3. The maximum Gasteiger partial charge on any atom is 0.283 e. The Kier molecular flexibility index (Phi) is 5.61. The fraction of sp³-hybridized carbons (Fsp3) is 0.500. The van der Waals surface area contributed by atoms with Gasteiger partial charge in [0.25, 0.3) is 12.3 Å². The van der Waals surface area contributed by atoms with Crippen LogP contribution in [0, 0.1) is 17.2 Å². The molecule has 7 rings (SSSR count). The molecule has 1 spiro atoms. The van der Waals surface area contributed by atoms with Crippen LogP contribution in [0.3, 0.4) is 0 Å². The lowest BCUT2D eigenvalue weighted by molar-refractivity contribution is -0.0558. The summed E-state index contributed by atoms with van der Waals surface area (Å²) in [4.78, 5) is 9.49. The minimum absolute atomic E-state index is 0.0701. The maximum atomic E-state index is 14.7. The van der Waals surface area contributed by atoms with Crippen LogP contribution in [0.15, 0.2) is 30.3 Å². The van der Waals surface area contributed by atoms with Gasteiger partial charge in [-0.3, -0.25) is 9.47 Å². The van der Waals surface area contributed by atoms with Crippen LogP contribution in [0.1, 0.15) is 36.3 Å². The summed E-state index contributed by atoms with van der Waals surface area (Å²) < 4.78 is 71.2. The van der Waals surface area contributed by atoms with Crippen LogP contribution in [-0.2, 0) is 13.1 Å². The van der Waals surface area contributed by atoms with E-state index in [1.165, 1.54) is 6.07 Å². The molecule has 0 amide bonds. The van der Waals surface area contributed by atoms with Crippen LogP contribution in [0.4, 0.5) is 33.7 Å². The van der Waals surface area contributed by atoms with Crippen molar-refractivity contribution in [1.82, 2.24) is 24.6 Å². The summed E-state index contributed by atoms with van der Waals surface area (Å²) in [5, 5.41) is 9.37. The number of hydrogen-bond acceptors (Lipinski definition) is 6. The van der Waals surface area contributed by atoms with Crippen molar-refractivity contribution in [3.8, 4) is 5.69 Å². The molecular weight excluding hydrogens is 541 g/mol. The topological polar surface area (TPSA) is 53.3 Å². The summed E-state index contributed by atoms with van der Waals surface area (Å²) in [6, 6.07) is 7.90. The average Bonchev–Trinajstić information content (AvgIpc) is 3.63. The van der Waals surface area contributed by atoms with Gasteiger partial charge in [-0.05, 0) is 48.7 Å². The Morgan fingerprint density at radius 1 is 1.00 bits per heavy atom. The lowest BCUT2D eigenvalue weighted by Gasteiger charge is -2.60. The molecule has 206 valence electrons. The zero-order valence-corrected chi connectivity index (χ0v) is 21.6. The fourth-order valence-electron chi connectivity index (χ4n) is 6.11. The second-order valence-corrected chi connectivity index (χ2v) is 11.7. The smallest absolute Gasteiger partial charge is 0.283 e. The maximum absolute atomic E-state index is 14.7. The molecule has 0 radical (unpaired) electrons. The first-order chi connectivity index (χ1) is 18.6. The van der Waals surface area contributed by atoms with Crippen molar-refractivity contribution in [3.05, 3.63) is 58.3 Å². The molecule has 4 aliphatic rings. The van der Waals surface area contributed by atoms with E-state index >= 15 is 0 Å². The van der Waals surface area contributed by atoms with Gasteiger partial charge in [0, 0.05) is 49.1 Å². The van der Waals surface area contributed by atoms with E-state index in [9.17, 15) is 22.0 Å². The predicted molar refractivity (Wildman–Crippen MR) is 134 cm³/mol. The van der Waals surface area contributed by atoms with Gasteiger partial charge >= 0.3 is 0 Å². The van der Waals surface area contributed by atoms with Crippen LogP contribution < -0.4 is 9.80 Å². The Hall–Kier alpha value is -2.99. The highest BCUT2D eigenvalue weighted by Crippen LogP contribution is 2.46. The van der Waals surface area contributed by atoms with E-state index in [0.717, 1.165) is 17.3 Å². The molecule has 0 bridgehead atoms. The summed E-state index contributed by atoms with van der Waals surface area (Å²) in [7, 11) is 0. The van der Waals surface area contributed by atoms with Crippen LogP contribution in [0.2, 0.25) is 5.02 Å². The molecule has 2 aromatic heterocycles. The zero-order chi connectivity index (χ0) is 27.1. The molecule has 13 heteroatoms. The van der Waals surface area contributed by atoms with E-state index in [2.05, 4.69) is 20.1 Å². The molecule has 7 nitrogen and oxygen atoms in total. The van der Waals surface area contributed by atoms with Gasteiger partial charge in [-0.1, -0.05) is 11.6 Å². The van der Waals surface area contributed by atoms with Gasteiger partial charge in [0.2, 0.25) is 5.95 Å². The second kappa shape index (κ2) is 8.76. The first-order valence-electron chi connectivity index (χ1n) is 12.9. The van der Waals surface area contributed by atoms with Gasteiger partial charge in [-0.15, -0.1) is 10.2 Å². The Balaban J connectivity index is 1.10. The normalized spacial score (nSPS) is 20.5. The molecule has 5 heterocycles. The first kappa shape index (κ1) is 25.0. The van der Waals surface area contributed by atoms with Crippen LogP contribution in [0.25, 0.3) is 5.69 Å². The third kappa shape index (κ3) is 4.32. The third-order valence-corrected chi connectivity index (χ3v) is 8.38. The number of hydrogen-bond donors (Lipinski definition) is 0. The van der Waals surface area contributed by atoms with Crippen molar-refractivity contribution in [2.45, 2.75) is 38.3 Å². The molecule has 3 fully saturated rings. The van der Waals surface area contributed by atoms with E-state index in [0.29, 0.717) is 68.2 Å². The van der Waals surface area contributed by atoms with Crippen molar-refractivity contribution >= 4 is 23.4 Å². The number of pyridine rings is 1. The minimum Gasteiger partial charge on any atom is -0.355 e. The van der Waals surface area contributed by atoms with E-state index in [1.54, 1.807) is 11.0 Å². The fourth-order valence-corrected chi connectivity index (χ4v) is 6.30. The molecule has 0 unspecified atom stereocenters. The molecule has 3 aromatic rings. The molecule has 39 heavy (non-hydrogen) atoms. The summed E-state index contributed by atoms with van der Waals surface area (Å²) in [6.07, 6.45) is -1.86. The molecule has 1 aliphatic carbocycles. The lowest BCUT2D eigenvalue weighted by Crippen LogP contribution is -2.73. The van der Waals surface area contributed by atoms with Gasteiger partial charge < -0.3 is 9.80 Å². The van der Waals surface area contributed by atoms with Crippen LogP contribution >= 0.6 is 11.6 Å². The van der Waals surface area contributed by atoms with Crippen molar-refractivity contribution in [2.75, 3.05) is 42.5 Å². The Morgan fingerprint density at radius 2 is 1.74 bits per heavy atom. The van der Waals surface area contributed by atoms with Crippen molar-refractivity contribution < 1.29 is 22.0 Å². The number of aromatic nitrogens is 4. The number of anilines is 2. The Morgan fingerprint density at radius 3 is 2.46 bits per heavy atom. The largest absolute Gasteiger partial charge is 0.355 e. The summed E-state index contributed by atoms with van der Waals surface area (Å²) in [5.41, 5.74) is 0.742. The monoisotopic (exact) mass is 565 g/mol. The standard InChI is InChI=1S/C26H25ClF5N7/c27-17-3-5-19-15(7-17)8-36(14-26(31,32)16-1-2-16)9-21-34-35-24(39(19)21)38-12-25(13-38)10-37(11-25)20-6-4-18(28)22(33-20)23(29)30/h3-7,16,23H,1-2,8-14H2. The molecule has 0 N–H and O–H groups in total. The summed E-state index contributed by atoms with van der Waals surface area (Å²) >= 11 is 6.29. The molecular formula is C26H25ClF5N7. The van der Waals surface area contributed by atoms with Crippen molar-refractivity contribution in [3.63, 3.8) is 0 Å². The number of fused-ring (bicyclic) bond motifs is 3. The average molecular weight is 566 g/mol. The molecule has 3 aliphatic heterocycles. The number of rotatable bonds is 6. The quantitative estimate of drug-likeness (QED) is 0.389. The molecule has 2 saturated heterocycles. The van der Waals surface area contributed by atoms with Gasteiger partial charge in [0.05, 0.1) is 18.8 Å². The van der Waals surface area contributed by atoms with Crippen molar-refractivity contribution in [1.29, 1.82) is 0 Å². The van der Waals surface area contributed by atoms with Crippen molar-refractivity contribution in [2.24, 2.45) is 11.3 Å². The van der Waals surface area contributed by atoms with E-state index < -0.39 is 29.8 Å². The lowest BCUT2D eigenvalue weighted by atomic mass is 9.73. The van der Waals surface area contributed by atoms with Crippen LogP contribution in [0.5, 0.6) is 0 Å². The van der Waals surface area contributed by atoms with Gasteiger partial charge in [-0.2, -0.15) is 0 Å². The van der Waals surface area contributed by atoms with E-state index in [4.69, 9.17) is 11.6 Å². The number of benzene rings is 1. The highest BCUT2D eigenvalue weighted by atomic mass is 35.5. The summed E-state index contributed by atoms with van der Waals surface area (Å²) in [5.74, 6) is -2.77. The van der Waals surface area contributed by atoms with Gasteiger partial charge in [0.15, 0.2) is 11.6 Å². The second-order valence-electron chi connectivity index (χ2n) is 11.3. The number of alkyl halides is 4. The van der Waals surface area contributed by atoms with Gasteiger partial charge in [0.1, 0.15) is 11.5 Å². The Labute approximate surface area is 226 Å². The number of halogens is 6. The van der Waals surface area contributed by atoms with E-state index in [1.807, 2.05) is 21.6 Å². The molecule has 0 atom stereocenters. The summed E-state index contributed by atoms with van der Waals surface area (Å²) in [6.45, 7) is 2.74.